The van der Waals surface area contributed by atoms with E-state index in [1.807, 2.05) is 6.26 Å². The van der Waals surface area contributed by atoms with Crippen LogP contribution in [0.2, 0.25) is 0 Å². The maximum Gasteiger partial charge on any atom is 0.224 e. The van der Waals surface area contributed by atoms with Gasteiger partial charge in [0.2, 0.25) is 16.9 Å². The molecule has 108 valence electrons. The predicted molar refractivity (Wildman–Crippen MR) is 80.4 cm³/mol. The lowest BCUT2D eigenvalue weighted by molar-refractivity contribution is 0.240. The molecular weight excluding hydrogens is 262 g/mol. The summed E-state index contributed by atoms with van der Waals surface area (Å²) >= 11 is 1.46. The van der Waals surface area contributed by atoms with Crippen LogP contribution in [-0.4, -0.2) is 46.5 Å². The molecule has 1 heterocycles. The molecule has 0 bridgehead atoms. The van der Waals surface area contributed by atoms with Gasteiger partial charge in [-0.3, -0.25) is 0 Å². The molecule has 0 aromatic carbocycles. The van der Waals surface area contributed by atoms with E-state index in [4.69, 9.17) is 0 Å². The van der Waals surface area contributed by atoms with Gasteiger partial charge < -0.3 is 21.1 Å². The van der Waals surface area contributed by atoms with Crippen LogP contribution in [0.3, 0.4) is 0 Å². The molecule has 1 aliphatic heterocycles. The molecule has 2 rings (SSSR count). The second-order valence-corrected chi connectivity index (χ2v) is 7.04. The Balaban J connectivity index is 2.19. The van der Waals surface area contributed by atoms with E-state index in [1.54, 1.807) is 0 Å². The number of hydrogen-bond donors (Lipinski definition) is 4. The average molecular weight is 285 g/mol. The van der Waals surface area contributed by atoms with Crippen LogP contribution >= 0.6 is 11.8 Å². The number of guanidine groups is 2. The van der Waals surface area contributed by atoms with Gasteiger partial charge >= 0.3 is 0 Å². The summed E-state index contributed by atoms with van der Waals surface area (Å²) in [7, 11) is 0. The fourth-order valence-corrected chi connectivity index (χ4v) is 2.17. The predicted octanol–water partition coefficient (Wildman–Crippen LogP) is 0.451. The lowest BCUT2D eigenvalue weighted by Crippen LogP contribution is -2.57. The monoisotopic (exact) mass is 285 g/mol. The van der Waals surface area contributed by atoms with Gasteiger partial charge in [-0.25, -0.2) is 4.99 Å². The van der Waals surface area contributed by atoms with Crippen molar-refractivity contribution in [1.82, 2.24) is 16.0 Å². The van der Waals surface area contributed by atoms with Crippen LogP contribution in [0.1, 0.15) is 33.6 Å². The Hall–Kier alpha value is -0.950. The molecule has 1 fully saturated rings. The molecule has 0 aromatic rings. The number of aliphatic hydroxyl groups excluding tert-OH is 1. The Morgan fingerprint density at radius 2 is 2.16 bits per heavy atom. The van der Waals surface area contributed by atoms with Gasteiger partial charge in [-0.05, 0) is 39.9 Å². The minimum Gasteiger partial charge on any atom is -0.391 e. The molecule has 2 aliphatic rings. The molecule has 0 spiro atoms. The summed E-state index contributed by atoms with van der Waals surface area (Å²) in [6, 6.07) is 0.499. The summed E-state index contributed by atoms with van der Waals surface area (Å²) in [5.74, 6) is 1.24. The summed E-state index contributed by atoms with van der Waals surface area (Å²) in [5.41, 5.74) is -0.121. The van der Waals surface area contributed by atoms with Crippen LogP contribution in [0.5, 0.6) is 0 Å². The van der Waals surface area contributed by atoms with E-state index in [0.29, 0.717) is 18.0 Å². The molecule has 6 nitrogen and oxygen atoms in total. The molecular formula is C12H23N5OS. The first kappa shape index (κ1) is 14.5. The van der Waals surface area contributed by atoms with Crippen LogP contribution in [0.4, 0.5) is 0 Å². The van der Waals surface area contributed by atoms with Gasteiger partial charge in [-0.15, -0.1) is 11.8 Å². The molecule has 4 N–H and O–H groups in total. The van der Waals surface area contributed by atoms with E-state index >= 15 is 0 Å². The highest BCUT2D eigenvalue weighted by Crippen LogP contribution is 2.24. The van der Waals surface area contributed by atoms with Gasteiger partial charge in [0.05, 0.1) is 6.61 Å². The minimum atomic E-state index is -0.757. The van der Waals surface area contributed by atoms with Crippen molar-refractivity contribution in [3.05, 3.63) is 0 Å². The van der Waals surface area contributed by atoms with Crippen LogP contribution < -0.4 is 16.0 Å². The molecule has 0 saturated heterocycles. The van der Waals surface area contributed by atoms with Gasteiger partial charge in [0.25, 0.3) is 0 Å². The Kier molecular flexibility index (Phi) is 3.96. The standard InChI is InChI=1S/C12H23N5OS/c1-11(2,3)15-10-14-9(13-8-5-6-8)16-12(7-18,17-10)19-4/h8,18H,5-7H2,1-4H3,(H3,13,14,15,16,17). The van der Waals surface area contributed by atoms with Crippen molar-refractivity contribution in [2.45, 2.75) is 50.2 Å². The fraction of sp³-hybridized carbons (Fsp3) is 0.833. The van der Waals surface area contributed by atoms with E-state index in [0.717, 1.165) is 0 Å². The van der Waals surface area contributed by atoms with Gasteiger partial charge in [0, 0.05) is 11.6 Å². The van der Waals surface area contributed by atoms with Crippen molar-refractivity contribution in [3.8, 4) is 0 Å². The van der Waals surface area contributed by atoms with Crippen LogP contribution in [-0.2, 0) is 0 Å². The summed E-state index contributed by atoms with van der Waals surface area (Å²) in [5, 5.41) is 19.4. The van der Waals surface area contributed by atoms with Crippen LogP contribution in [0, 0.1) is 0 Å². The second kappa shape index (κ2) is 5.20. The largest absolute Gasteiger partial charge is 0.391 e. The Labute approximate surface area is 118 Å². The molecule has 7 heteroatoms. The molecule has 0 amide bonds. The van der Waals surface area contributed by atoms with Crippen molar-refractivity contribution in [1.29, 1.82) is 0 Å². The zero-order valence-electron chi connectivity index (χ0n) is 11.9. The number of aliphatic imine (C=N–C) groups is 2. The zero-order chi connectivity index (χ0) is 14.1. The normalized spacial score (nSPS) is 27.2. The first-order chi connectivity index (χ1) is 8.86. The number of nitrogens with zero attached hydrogens (tertiary/aromatic N) is 2. The van der Waals surface area contributed by atoms with E-state index in [9.17, 15) is 5.11 Å². The Morgan fingerprint density at radius 3 is 2.63 bits per heavy atom. The van der Waals surface area contributed by atoms with Gasteiger partial charge in [0.1, 0.15) is 0 Å². The smallest absolute Gasteiger partial charge is 0.224 e. The van der Waals surface area contributed by atoms with Crippen molar-refractivity contribution in [2.75, 3.05) is 12.9 Å². The number of rotatable bonds is 3. The minimum absolute atomic E-state index is 0.0884. The van der Waals surface area contributed by atoms with Gasteiger partial charge in [-0.1, -0.05) is 0 Å². The molecule has 0 radical (unpaired) electrons. The highest BCUT2D eigenvalue weighted by molar-refractivity contribution is 8.00. The third-order valence-corrected chi connectivity index (χ3v) is 3.77. The van der Waals surface area contributed by atoms with Crippen LogP contribution in [0.15, 0.2) is 9.98 Å². The van der Waals surface area contributed by atoms with Crippen molar-refractivity contribution in [3.63, 3.8) is 0 Å². The summed E-state index contributed by atoms with van der Waals surface area (Å²) in [6.07, 6.45) is 4.26. The van der Waals surface area contributed by atoms with Gasteiger partial charge in [0.15, 0.2) is 0 Å². The van der Waals surface area contributed by atoms with Crippen molar-refractivity contribution >= 4 is 23.7 Å². The van der Waals surface area contributed by atoms with Crippen LogP contribution in [0.25, 0.3) is 0 Å². The van der Waals surface area contributed by atoms with Crippen molar-refractivity contribution < 1.29 is 5.11 Å². The summed E-state index contributed by atoms with van der Waals surface area (Å²) in [6.45, 7) is 6.08. The number of aliphatic hydroxyl groups is 1. The third-order valence-electron chi connectivity index (χ3n) is 2.77. The van der Waals surface area contributed by atoms with E-state index in [2.05, 4.69) is 46.7 Å². The lowest BCUT2D eigenvalue weighted by atomic mass is 10.1. The van der Waals surface area contributed by atoms with E-state index in [1.165, 1.54) is 24.6 Å². The first-order valence-electron chi connectivity index (χ1n) is 6.53. The maximum absolute atomic E-state index is 9.62. The molecule has 1 saturated carbocycles. The SMILES string of the molecule is CSC1(CO)N=C(NC(C)(C)C)N=C(NC2CC2)N1. The van der Waals surface area contributed by atoms with Crippen molar-refractivity contribution in [2.24, 2.45) is 9.98 Å². The fourth-order valence-electron chi connectivity index (χ4n) is 1.66. The topological polar surface area (TPSA) is 81.0 Å². The number of thioether (sulfide) groups is 1. The first-order valence-corrected chi connectivity index (χ1v) is 7.76. The molecule has 0 aromatic heterocycles. The van der Waals surface area contributed by atoms with E-state index < -0.39 is 4.99 Å². The Morgan fingerprint density at radius 1 is 1.47 bits per heavy atom. The average Bonchev–Trinajstić information content (AvgIpc) is 3.10. The second-order valence-electron chi connectivity index (χ2n) is 5.96. The van der Waals surface area contributed by atoms with E-state index in [-0.39, 0.29) is 12.1 Å². The number of hydrogen-bond acceptors (Lipinski definition) is 7. The quantitative estimate of drug-likeness (QED) is 0.605. The molecule has 1 atom stereocenters. The lowest BCUT2D eigenvalue weighted by Gasteiger charge is -2.34. The molecule has 1 aliphatic carbocycles. The summed E-state index contributed by atoms with van der Waals surface area (Å²) < 4.78 is 0. The Bertz CT molecular complexity index is 393. The zero-order valence-corrected chi connectivity index (χ0v) is 12.8. The highest BCUT2D eigenvalue weighted by atomic mass is 32.2. The molecule has 1 unspecified atom stereocenters. The maximum atomic E-state index is 9.62. The summed E-state index contributed by atoms with van der Waals surface area (Å²) in [4.78, 5) is 8.18. The third kappa shape index (κ3) is 4.01. The highest BCUT2D eigenvalue weighted by Gasteiger charge is 2.35. The molecule has 19 heavy (non-hydrogen) atoms. The number of nitrogens with one attached hydrogen (secondary N) is 3. The van der Waals surface area contributed by atoms with Gasteiger partial charge in [-0.2, -0.15) is 4.99 Å².